The van der Waals surface area contributed by atoms with Crippen LogP contribution in [0.25, 0.3) is 6.08 Å². The second-order valence-corrected chi connectivity index (χ2v) is 8.45. The van der Waals surface area contributed by atoms with E-state index >= 15 is 0 Å². The van der Waals surface area contributed by atoms with Crippen LogP contribution in [-0.2, 0) is 15.8 Å². The Hall–Kier alpha value is -2.43. The van der Waals surface area contributed by atoms with Gasteiger partial charge in [-0.25, -0.2) is 4.39 Å². The van der Waals surface area contributed by atoms with Crippen molar-refractivity contribution in [2.24, 2.45) is 0 Å². The van der Waals surface area contributed by atoms with E-state index in [4.69, 9.17) is 23.8 Å². The number of anilines is 1. The molecule has 1 aliphatic heterocycles. The molecule has 0 aromatic heterocycles. The first-order valence-electron chi connectivity index (χ1n) is 8.73. The molecule has 1 heterocycles. The number of nitrogens with zero attached hydrogens (tertiary/aromatic N) is 1. The smallest absolute Gasteiger partial charge is 0.325 e. The standard InChI is InChI=1S/C20H13ClF4N2O2S2/c21-12-5-6-15(13(10-12)20(23,24)25)26-17(28)7-8-27-18(29)16(31-19(27)30)9-11-3-1-2-4-14(11)22/h1-6,9-10H,7-8H2,(H,26,28)/b16-9-. The van der Waals surface area contributed by atoms with Crippen molar-refractivity contribution in [2.75, 3.05) is 11.9 Å². The summed E-state index contributed by atoms with van der Waals surface area (Å²) in [5.74, 6) is -1.75. The minimum atomic E-state index is -4.71. The first-order chi connectivity index (χ1) is 14.6. The first kappa shape index (κ1) is 23.2. The number of carbonyl (C=O) groups excluding carboxylic acids is 2. The molecule has 2 amide bonds. The Bertz CT molecular complexity index is 1090. The van der Waals surface area contributed by atoms with Crippen molar-refractivity contribution in [2.45, 2.75) is 12.6 Å². The summed E-state index contributed by atoms with van der Waals surface area (Å²) in [6, 6.07) is 8.88. The summed E-state index contributed by atoms with van der Waals surface area (Å²) in [6.07, 6.45) is -3.64. The minimum absolute atomic E-state index is 0.121. The van der Waals surface area contributed by atoms with Crippen LogP contribution >= 0.6 is 35.6 Å². The highest BCUT2D eigenvalue weighted by Crippen LogP contribution is 2.37. The van der Waals surface area contributed by atoms with Gasteiger partial charge in [-0.15, -0.1) is 0 Å². The van der Waals surface area contributed by atoms with Gasteiger partial charge in [0.2, 0.25) is 5.91 Å². The molecule has 162 valence electrons. The minimum Gasteiger partial charge on any atom is -0.325 e. The number of alkyl halides is 3. The number of nitrogens with one attached hydrogen (secondary N) is 1. The molecule has 0 saturated carbocycles. The maximum absolute atomic E-state index is 13.8. The summed E-state index contributed by atoms with van der Waals surface area (Å²) >= 11 is 11.7. The molecule has 2 aromatic carbocycles. The van der Waals surface area contributed by atoms with Crippen LogP contribution in [0.3, 0.4) is 0 Å². The highest BCUT2D eigenvalue weighted by molar-refractivity contribution is 8.26. The number of halogens is 5. The van der Waals surface area contributed by atoms with Crippen LogP contribution in [0.1, 0.15) is 17.5 Å². The van der Waals surface area contributed by atoms with Crippen LogP contribution in [0.5, 0.6) is 0 Å². The van der Waals surface area contributed by atoms with Gasteiger partial charge in [-0.1, -0.05) is 53.8 Å². The number of hydrogen-bond acceptors (Lipinski definition) is 4. The number of amides is 2. The molecule has 2 aromatic rings. The maximum atomic E-state index is 13.8. The van der Waals surface area contributed by atoms with Crippen molar-refractivity contribution < 1.29 is 27.2 Å². The van der Waals surface area contributed by atoms with Gasteiger partial charge in [0.25, 0.3) is 5.91 Å². The predicted octanol–water partition coefficient (Wildman–Crippen LogP) is 5.73. The van der Waals surface area contributed by atoms with Gasteiger partial charge in [0, 0.05) is 23.6 Å². The summed E-state index contributed by atoms with van der Waals surface area (Å²) in [5.41, 5.74) is -1.30. The van der Waals surface area contributed by atoms with Crippen LogP contribution in [0.2, 0.25) is 5.02 Å². The number of rotatable bonds is 5. The molecule has 1 saturated heterocycles. The first-order valence-corrected chi connectivity index (χ1v) is 10.3. The molecule has 1 fully saturated rings. The van der Waals surface area contributed by atoms with Crippen LogP contribution in [0, 0.1) is 5.82 Å². The van der Waals surface area contributed by atoms with Crippen molar-refractivity contribution in [1.82, 2.24) is 4.90 Å². The number of thiocarbonyl (C=S) groups is 1. The lowest BCUT2D eigenvalue weighted by atomic mass is 10.1. The van der Waals surface area contributed by atoms with E-state index in [1.807, 2.05) is 0 Å². The molecule has 4 nitrogen and oxygen atoms in total. The third-order valence-electron chi connectivity index (χ3n) is 4.19. The predicted molar refractivity (Wildman–Crippen MR) is 116 cm³/mol. The lowest BCUT2D eigenvalue weighted by Gasteiger charge is -2.16. The highest BCUT2D eigenvalue weighted by atomic mass is 35.5. The Morgan fingerprint density at radius 3 is 2.61 bits per heavy atom. The summed E-state index contributed by atoms with van der Waals surface area (Å²) in [6.45, 7) is -0.139. The Labute approximate surface area is 189 Å². The fourth-order valence-corrected chi connectivity index (χ4v) is 4.18. The molecule has 0 unspecified atom stereocenters. The SMILES string of the molecule is O=C(CCN1C(=O)/C(=C/c2ccccc2F)SC1=S)Nc1ccc(Cl)cc1C(F)(F)F. The van der Waals surface area contributed by atoms with E-state index in [-0.39, 0.29) is 32.8 Å². The van der Waals surface area contributed by atoms with Crippen LogP contribution in [0.15, 0.2) is 47.4 Å². The number of thioether (sulfide) groups is 1. The lowest BCUT2D eigenvalue weighted by Crippen LogP contribution is -2.31. The van der Waals surface area contributed by atoms with Gasteiger partial charge in [-0.2, -0.15) is 13.2 Å². The highest BCUT2D eigenvalue weighted by Gasteiger charge is 2.35. The molecule has 3 rings (SSSR count). The second-order valence-electron chi connectivity index (χ2n) is 6.34. The third-order valence-corrected chi connectivity index (χ3v) is 5.80. The number of hydrogen-bond donors (Lipinski definition) is 1. The molecule has 31 heavy (non-hydrogen) atoms. The summed E-state index contributed by atoms with van der Waals surface area (Å²) < 4.78 is 53.4. The molecule has 0 bridgehead atoms. The van der Waals surface area contributed by atoms with Crippen molar-refractivity contribution in [3.63, 3.8) is 0 Å². The number of carbonyl (C=O) groups is 2. The zero-order valence-electron chi connectivity index (χ0n) is 15.5. The maximum Gasteiger partial charge on any atom is 0.418 e. The van der Waals surface area contributed by atoms with Crippen LogP contribution < -0.4 is 5.32 Å². The Morgan fingerprint density at radius 2 is 1.94 bits per heavy atom. The van der Waals surface area contributed by atoms with Crippen molar-refractivity contribution >= 4 is 63.5 Å². The zero-order chi connectivity index (χ0) is 22.8. The summed E-state index contributed by atoms with van der Waals surface area (Å²) in [4.78, 5) is 26.1. The van der Waals surface area contributed by atoms with Crippen molar-refractivity contribution in [1.29, 1.82) is 0 Å². The van der Waals surface area contributed by atoms with Crippen molar-refractivity contribution in [3.05, 3.63) is 69.3 Å². The van der Waals surface area contributed by atoms with E-state index in [1.54, 1.807) is 6.07 Å². The van der Waals surface area contributed by atoms with Crippen molar-refractivity contribution in [3.8, 4) is 0 Å². The number of benzene rings is 2. The van der Waals surface area contributed by atoms with E-state index < -0.39 is 35.1 Å². The third kappa shape index (κ3) is 5.63. The fraction of sp³-hybridized carbons (Fsp3) is 0.150. The Morgan fingerprint density at radius 1 is 1.23 bits per heavy atom. The lowest BCUT2D eigenvalue weighted by molar-refractivity contribution is -0.137. The topological polar surface area (TPSA) is 49.4 Å². The van der Waals surface area contributed by atoms with E-state index in [0.717, 1.165) is 22.7 Å². The van der Waals surface area contributed by atoms with Crippen LogP contribution in [-0.4, -0.2) is 27.6 Å². The van der Waals surface area contributed by atoms with E-state index in [1.165, 1.54) is 30.3 Å². The second kappa shape index (κ2) is 9.37. The molecule has 0 spiro atoms. The molecular formula is C20H13ClF4N2O2S2. The largest absolute Gasteiger partial charge is 0.418 e. The Kier molecular flexibility index (Phi) is 7.03. The summed E-state index contributed by atoms with van der Waals surface area (Å²) in [5, 5.41) is 2.07. The average Bonchev–Trinajstić information content (AvgIpc) is 2.95. The molecule has 0 aliphatic carbocycles. The van der Waals surface area contributed by atoms with Gasteiger partial charge in [0.15, 0.2) is 0 Å². The van der Waals surface area contributed by atoms with Gasteiger partial charge >= 0.3 is 6.18 Å². The molecule has 0 radical (unpaired) electrons. The molecule has 0 atom stereocenters. The molecular weight excluding hydrogens is 476 g/mol. The normalized spacial score (nSPS) is 15.6. The van der Waals surface area contributed by atoms with E-state index in [0.29, 0.717) is 6.07 Å². The average molecular weight is 489 g/mol. The molecule has 1 N–H and O–H groups in total. The van der Waals surface area contributed by atoms with Crippen LogP contribution in [0.4, 0.5) is 23.2 Å². The zero-order valence-corrected chi connectivity index (χ0v) is 17.9. The summed E-state index contributed by atoms with van der Waals surface area (Å²) in [7, 11) is 0. The quantitative estimate of drug-likeness (QED) is 0.332. The van der Waals surface area contributed by atoms with Gasteiger partial charge in [-0.3, -0.25) is 14.5 Å². The van der Waals surface area contributed by atoms with Gasteiger partial charge in [0.1, 0.15) is 10.1 Å². The molecule has 11 heteroatoms. The monoisotopic (exact) mass is 488 g/mol. The van der Waals surface area contributed by atoms with E-state index in [9.17, 15) is 27.2 Å². The van der Waals surface area contributed by atoms with Gasteiger partial charge < -0.3 is 5.32 Å². The van der Waals surface area contributed by atoms with Gasteiger partial charge in [-0.05, 0) is 30.3 Å². The Balaban J connectivity index is 1.67. The molecule has 1 aliphatic rings. The van der Waals surface area contributed by atoms with E-state index in [2.05, 4.69) is 5.32 Å². The fourth-order valence-electron chi connectivity index (χ4n) is 2.71. The van der Waals surface area contributed by atoms with Gasteiger partial charge in [0.05, 0.1) is 16.2 Å².